The zero-order valence-electron chi connectivity index (χ0n) is 52.9. The van der Waals surface area contributed by atoms with E-state index < -0.39 is 11.7 Å². The highest BCUT2D eigenvalue weighted by Crippen LogP contribution is 2.44. The van der Waals surface area contributed by atoms with E-state index in [0.29, 0.717) is 5.56 Å². The number of likely N-dealkylation sites (N-methyl/N-ethyl adjacent to an activating group) is 1. The predicted molar refractivity (Wildman–Crippen MR) is 352 cm³/mol. The summed E-state index contributed by atoms with van der Waals surface area (Å²) in [4.78, 5) is 60.1. The molecule has 0 spiro atoms. The lowest BCUT2D eigenvalue weighted by molar-refractivity contribution is -0.115. The fourth-order valence-electron chi connectivity index (χ4n) is 11.2. The van der Waals surface area contributed by atoms with Gasteiger partial charge in [-0.1, -0.05) is 191 Å². The Labute approximate surface area is 498 Å². The molecule has 2 N–H and O–H groups in total. The number of carbonyl (C=O) groups is 3. The van der Waals surface area contributed by atoms with E-state index in [-0.39, 0.29) is 44.0 Å². The summed E-state index contributed by atoms with van der Waals surface area (Å²) in [6.07, 6.45) is 12.2. The Morgan fingerprint density at radius 3 is 0.940 bits per heavy atom. The van der Waals surface area contributed by atoms with E-state index in [1.54, 1.807) is 12.1 Å². The quantitative estimate of drug-likeness (QED) is 0.161. The number of amides is 1. The van der Waals surface area contributed by atoms with Crippen LogP contribution in [0.5, 0.6) is 0 Å². The van der Waals surface area contributed by atoms with Crippen LogP contribution in [0.4, 0.5) is 0 Å². The standard InChI is InChI=1S/C76H83N5O3/c1-71(2,3)49-34-46(35-50(40-49)72(4,5)6)67-58-27-25-56(77-58)66(44-20-22-45(23-21-44)70(84)81(19)64-43-55(82)24-33-65(64)83)57-26-28-59(78-57)68(47-36-51(73(7,8)9)41-52(37-47)74(10,11)12)61-30-32-63(80-61)69(62-31-29-60(67)79-62)48-38-53(75(13,14)15)42-54(39-48)76(16,17)18/h20-43,77,80H,1-19H3. The average molecular weight is 1110 g/mol. The molecular weight excluding hydrogens is 1030 g/mol. The van der Waals surface area contributed by atoms with Crippen LogP contribution in [0.3, 0.4) is 0 Å². The second kappa shape index (κ2) is 20.8. The average Bonchev–Trinajstić information content (AvgIpc) is 4.43. The molecule has 10 rings (SSSR count). The maximum absolute atomic E-state index is 14.1. The Morgan fingerprint density at radius 1 is 0.369 bits per heavy atom. The summed E-state index contributed by atoms with van der Waals surface area (Å²) in [6.45, 7) is 41.0. The van der Waals surface area contributed by atoms with Gasteiger partial charge in [0.05, 0.1) is 28.5 Å². The summed E-state index contributed by atoms with van der Waals surface area (Å²) < 4.78 is 0. The number of rotatable bonds is 6. The van der Waals surface area contributed by atoms with E-state index in [1.807, 2.05) is 12.1 Å². The van der Waals surface area contributed by atoms with E-state index in [1.165, 1.54) is 63.6 Å². The lowest BCUT2D eigenvalue weighted by Gasteiger charge is -2.26. The van der Waals surface area contributed by atoms with Crippen molar-refractivity contribution in [2.24, 2.45) is 0 Å². The van der Waals surface area contributed by atoms with Gasteiger partial charge < -0.3 is 14.9 Å². The molecule has 7 aromatic rings. The predicted octanol–water partition coefficient (Wildman–Crippen LogP) is 18.8. The molecule has 0 atom stereocenters. The monoisotopic (exact) mass is 1110 g/mol. The van der Waals surface area contributed by atoms with Gasteiger partial charge in [0.25, 0.3) is 5.91 Å². The fourth-order valence-corrected chi connectivity index (χ4v) is 11.2. The van der Waals surface area contributed by atoms with Gasteiger partial charge >= 0.3 is 0 Å². The van der Waals surface area contributed by atoms with Crippen LogP contribution < -0.4 is 0 Å². The van der Waals surface area contributed by atoms with E-state index in [2.05, 4.69) is 238 Å². The Kier molecular flexibility index (Phi) is 14.6. The topological polar surface area (TPSA) is 112 Å². The number of nitrogens with zero attached hydrogens (tertiary/aromatic N) is 3. The molecular formula is C76H83N5O3. The van der Waals surface area contributed by atoms with Crippen LogP contribution in [0.25, 0.3) is 90.9 Å². The van der Waals surface area contributed by atoms with Crippen molar-refractivity contribution < 1.29 is 14.4 Å². The molecule has 0 saturated heterocycles. The number of aromatic nitrogens is 4. The van der Waals surface area contributed by atoms with Crippen molar-refractivity contribution >= 4 is 63.8 Å². The molecule has 0 unspecified atom stereocenters. The minimum absolute atomic E-state index is 0.0273. The summed E-state index contributed by atoms with van der Waals surface area (Å²) in [5, 5.41) is 0. The van der Waals surface area contributed by atoms with Gasteiger partial charge in [-0.2, -0.15) is 0 Å². The molecule has 430 valence electrons. The van der Waals surface area contributed by atoms with Gasteiger partial charge in [-0.3, -0.25) is 14.4 Å². The summed E-state index contributed by atoms with van der Waals surface area (Å²) in [7, 11) is 1.52. The highest BCUT2D eigenvalue weighted by atomic mass is 16.2. The Bertz CT molecular complexity index is 4010. The van der Waals surface area contributed by atoms with Crippen molar-refractivity contribution in [3.63, 3.8) is 0 Å². The normalized spacial score (nSPS) is 14.2. The summed E-state index contributed by atoms with van der Waals surface area (Å²) >= 11 is 0. The number of aromatic amines is 2. The molecule has 0 radical (unpaired) electrons. The highest BCUT2D eigenvalue weighted by molar-refractivity contribution is 6.19. The number of fused-ring (bicyclic) bond motifs is 8. The van der Waals surface area contributed by atoms with Crippen LogP contribution >= 0.6 is 0 Å². The van der Waals surface area contributed by atoms with Crippen molar-refractivity contribution in [1.29, 1.82) is 0 Å². The molecule has 1 amide bonds. The molecule has 0 fully saturated rings. The molecule has 4 aromatic carbocycles. The molecule has 1 aliphatic carbocycles. The molecule has 3 aromatic heterocycles. The number of hydrogen-bond acceptors (Lipinski definition) is 5. The highest BCUT2D eigenvalue weighted by Gasteiger charge is 2.29. The Hall–Kier alpha value is -8.23. The van der Waals surface area contributed by atoms with Crippen molar-refractivity contribution in [1.82, 2.24) is 24.8 Å². The smallest absolute Gasteiger partial charge is 0.258 e. The fraction of sp³-hybridized carbons (Fsp3) is 0.329. The summed E-state index contributed by atoms with van der Waals surface area (Å²) in [5.41, 5.74) is 21.4. The van der Waals surface area contributed by atoms with E-state index >= 15 is 0 Å². The van der Waals surface area contributed by atoms with Crippen LogP contribution in [0.2, 0.25) is 0 Å². The van der Waals surface area contributed by atoms with Crippen LogP contribution in [-0.2, 0) is 42.1 Å². The van der Waals surface area contributed by atoms with Gasteiger partial charge in [0, 0.05) is 63.0 Å². The molecule has 8 nitrogen and oxygen atoms in total. The zero-order valence-corrected chi connectivity index (χ0v) is 52.9. The van der Waals surface area contributed by atoms with Gasteiger partial charge in [0.1, 0.15) is 0 Å². The second-order valence-corrected chi connectivity index (χ2v) is 29.5. The van der Waals surface area contributed by atoms with E-state index in [9.17, 15) is 14.4 Å². The van der Waals surface area contributed by atoms with Crippen LogP contribution in [0, 0.1) is 0 Å². The van der Waals surface area contributed by atoms with Gasteiger partial charge in [0.2, 0.25) is 5.78 Å². The third-order valence-corrected chi connectivity index (χ3v) is 16.6. The summed E-state index contributed by atoms with van der Waals surface area (Å²) in [5.74, 6) is -1.16. The first-order valence-electron chi connectivity index (χ1n) is 29.5. The number of nitrogens with one attached hydrogen (secondary N) is 2. The van der Waals surface area contributed by atoms with Crippen molar-refractivity contribution in [2.75, 3.05) is 7.05 Å². The number of ketones is 2. The minimum atomic E-state index is -0.412. The molecule has 8 heteroatoms. The van der Waals surface area contributed by atoms with Gasteiger partial charge in [-0.05, 0) is 161 Å². The maximum Gasteiger partial charge on any atom is 0.258 e. The summed E-state index contributed by atoms with van der Waals surface area (Å²) in [6, 6.07) is 37.3. The van der Waals surface area contributed by atoms with E-state index in [0.717, 1.165) is 89.4 Å². The van der Waals surface area contributed by atoms with E-state index in [4.69, 9.17) is 9.97 Å². The first-order chi connectivity index (χ1) is 39.0. The van der Waals surface area contributed by atoms with Crippen LogP contribution in [0.15, 0.2) is 127 Å². The van der Waals surface area contributed by atoms with Crippen LogP contribution in [0.1, 0.15) is 191 Å². The molecule has 2 aliphatic heterocycles. The molecule has 84 heavy (non-hydrogen) atoms. The second-order valence-electron chi connectivity index (χ2n) is 29.5. The number of hydrogen-bond donors (Lipinski definition) is 2. The Balaban J connectivity index is 1.37. The molecule has 5 heterocycles. The zero-order chi connectivity index (χ0) is 61.0. The molecule has 8 bridgehead atoms. The Morgan fingerprint density at radius 2 is 0.655 bits per heavy atom. The number of H-pyrrole nitrogens is 2. The number of benzene rings is 4. The molecule has 3 aliphatic rings. The van der Waals surface area contributed by atoms with Gasteiger partial charge in [-0.15, -0.1) is 0 Å². The first-order valence-corrected chi connectivity index (χ1v) is 29.5. The third-order valence-electron chi connectivity index (χ3n) is 16.6. The third kappa shape index (κ3) is 11.7. The minimum Gasteiger partial charge on any atom is -0.354 e. The van der Waals surface area contributed by atoms with Crippen LogP contribution in [-0.4, -0.2) is 49.4 Å². The van der Waals surface area contributed by atoms with Crippen molar-refractivity contribution in [3.05, 3.63) is 189 Å². The number of carbonyl (C=O) groups excluding carboxylic acids is 3. The van der Waals surface area contributed by atoms with Gasteiger partial charge in [-0.25, -0.2) is 9.97 Å². The molecule has 0 saturated carbocycles. The lowest BCUT2D eigenvalue weighted by Crippen LogP contribution is -2.31. The van der Waals surface area contributed by atoms with Crippen molar-refractivity contribution in [2.45, 2.75) is 157 Å². The maximum atomic E-state index is 14.1. The lowest BCUT2D eigenvalue weighted by atomic mass is 9.78. The SMILES string of the molecule is CN(C(=O)c1ccc(-c2c3nc(c(-c4cc(C(C)(C)C)cc(C(C)(C)C)c4)c4ccc([nH]4)c(-c4cc(C(C)(C)C)cc(C(C)(C)C)c4)c4nc(c(-c5cc(C(C)(C)C)cc(C(C)(C)C)c5)c5ccc2[nH]5)C=C4)C=C3)cc1)C1=CC(=O)C=CC1=O. The largest absolute Gasteiger partial charge is 0.354 e. The van der Waals surface area contributed by atoms with Gasteiger partial charge in [0.15, 0.2) is 5.78 Å². The first kappa shape index (κ1) is 58.9. The number of allylic oxidation sites excluding steroid dienone is 3. The van der Waals surface area contributed by atoms with Crippen molar-refractivity contribution in [3.8, 4) is 44.5 Å².